The van der Waals surface area contributed by atoms with Crippen molar-refractivity contribution < 1.29 is 43.9 Å². The average molecular weight is 928 g/mol. The van der Waals surface area contributed by atoms with Gasteiger partial charge in [-0.2, -0.15) is 0 Å². The Hall–Kier alpha value is -1.75. The van der Waals surface area contributed by atoms with Gasteiger partial charge in [0.25, 0.3) is 0 Å². The smallest absolute Gasteiger partial charge is 0.308 e. The van der Waals surface area contributed by atoms with Crippen molar-refractivity contribution in [2.45, 2.75) is 271 Å². The molecule has 3 N–H and O–H groups in total. The Balaban J connectivity index is 0. The minimum atomic E-state index is -0.703. The lowest BCUT2D eigenvalue weighted by Gasteiger charge is -2.22. The first-order chi connectivity index (χ1) is 31.7. The molecule has 0 aromatic heterocycles. The second-order valence-electron chi connectivity index (χ2n) is 19.0. The summed E-state index contributed by atoms with van der Waals surface area (Å²) in [5.41, 5.74) is 0. The molecule has 3 atom stereocenters. The van der Waals surface area contributed by atoms with E-state index in [2.05, 4.69) is 32.6 Å². The first-order valence-corrected chi connectivity index (χ1v) is 27.7. The second-order valence-corrected chi connectivity index (χ2v) is 19.0. The van der Waals surface area contributed by atoms with Crippen LogP contribution in [0.15, 0.2) is 0 Å². The molecule has 1 saturated heterocycles. The molecular formula is C55H109NO9. The number of rotatable bonds is 46. The monoisotopic (exact) mass is 928 g/mol. The van der Waals surface area contributed by atoms with E-state index in [-0.39, 0.29) is 30.8 Å². The van der Waals surface area contributed by atoms with Crippen LogP contribution in [0.2, 0.25) is 0 Å². The zero-order chi connectivity index (χ0) is 48.3. The quantitative estimate of drug-likeness (QED) is 0.0399. The van der Waals surface area contributed by atoms with Gasteiger partial charge in [-0.1, -0.05) is 182 Å². The van der Waals surface area contributed by atoms with Crippen molar-refractivity contribution in [2.24, 2.45) is 11.8 Å². The molecule has 1 rings (SSSR count). The Morgan fingerprint density at radius 1 is 0.554 bits per heavy atom. The summed E-state index contributed by atoms with van der Waals surface area (Å²) < 4.78 is 15.9. The fourth-order valence-corrected chi connectivity index (χ4v) is 8.54. The van der Waals surface area contributed by atoms with Crippen molar-refractivity contribution >= 4 is 17.9 Å². The summed E-state index contributed by atoms with van der Waals surface area (Å²) >= 11 is 0. The normalized spacial score (nSPS) is 14.4. The van der Waals surface area contributed by atoms with E-state index in [4.69, 9.17) is 24.4 Å². The molecule has 0 aliphatic carbocycles. The number of aliphatic hydroxyl groups is 1. The van der Waals surface area contributed by atoms with E-state index in [0.29, 0.717) is 12.7 Å². The summed E-state index contributed by atoms with van der Waals surface area (Å²) in [6, 6.07) is 0. The van der Waals surface area contributed by atoms with Gasteiger partial charge in [0.1, 0.15) is 0 Å². The number of nitrogens with zero attached hydrogens (tertiary/aromatic N) is 1. The van der Waals surface area contributed by atoms with Crippen LogP contribution in [0.5, 0.6) is 0 Å². The highest BCUT2D eigenvalue weighted by molar-refractivity contribution is 5.72. The zero-order valence-electron chi connectivity index (χ0n) is 43.6. The predicted molar refractivity (Wildman–Crippen MR) is 272 cm³/mol. The second kappa shape index (κ2) is 53.2. The lowest BCUT2D eigenvalue weighted by atomic mass is 9.94. The molecule has 0 saturated carbocycles. The number of ether oxygens (including phenoxy) is 3. The average Bonchev–Trinajstić information content (AvgIpc) is 3.81. The Labute approximate surface area is 401 Å². The van der Waals surface area contributed by atoms with Crippen LogP contribution < -0.4 is 0 Å². The topological polar surface area (TPSA) is 143 Å². The standard InChI is InChI=1S/C33H65NO5.C16H32O2.C6H12O2/c1-3-5-7-9-10-16-24-31(23-15-8-6-4-2)33(38)39-30-22-14-13-19-27-34(28-20-21-29-35)26-18-12-11-17-25-32(36)37;1-3-5-7-9-10-12-14-15(16(17)18)13-11-8-6-4-2;1-7-5-6-3-2-4-8-6/h31,35H,3-30H2,1-2H3,(H,36,37);15H,3-14H2,1-2H3,(H,17,18);6H,2-5H2,1H3. The van der Waals surface area contributed by atoms with E-state index in [1.54, 1.807) is 7.11 Å². The van der Waals surface area contributed by atoms with E-state index < -0.39 is 11.9 Å². The number of carboxylic acid groups (broad SMARTS) is 2. The Morgan fingerprint density at radius 3 is 1.40 bits per heavy atom. The number of carboxylic acids is 2. The lowest BCUT2D eigenvalue weighted by Crippen LogP contribution is -2.27. The molecule has 0 aromatic carbocycles. The van der Waals surface area contributed by atoms with Crippen molar-refractivity contribution in [1.82, 2.24) is 4.90 Å². The molecule has 1 aliphatic heterocycles. The van der Waals surface area contributed by atoms with Gasteiger partial charge in [-0.3, -0.25) is 14.4 Å². The first-order valence-electron chi connectivity index (χ1n) is 27.7. The molecule has 0 spiro atoms. The number of hydrogen-bond donors (Lipinski definition) is 3. The summed E-state index contributed by atoms with van der Waals surface area (Å²) in [5.74, 6) is -1.25. The fourth-order valence-electron chi connectivity index (χ4n) is 8.54. The fraction of sp³-hybridized carbons (Fsp3) is 0.945. The zero-order valence-corrected chi connectivity index (χ0v) is 43.6. The third kappa shape index (κ3) is 48.5. The Kier molecular flexibility index (Phi) is 53.5. The molecule has 10 nitrogen and oxygen atoms in total. The van der Waals surface area contributed by atoms with Crippen molar-refractivity contribution in [3.8, 4) is 0 Å². The number of carbonyl (C=O) groups excluding carboxylic acids is 1. The van der Waals surface area contributed by atoms with Gasteiger partial charge in [0.15, 0.2) is 0 Å². The van der Waals surface area contributed by atoms with Crippen LogP contribution >= 0.6 is 0 Å². The van der Waals surface area contributed by atoms with Crippen molar-refractivity contribution in [3.05, 3.63) is 0 Å². The van der Waals surface area contributed by atoms with E-state index >= 15 is 0 Å². The first kappa shape index (κ1) is 65.3. The summed E-state index contributed by atoms with van der Waals surface area (Å²) in [5, 5.41) is 27.0. The SMILES string of the molecule is CCCCCCCCC(CCCCCC)C(=O)O.CCCCCCCCC(CCCCCC)C(=O)OCCCCCCN(CCCCO)CCCCCCC(=O)O.COCC1CCCO1. The van der Waals surface area contributed by atoms with Gasteiger partial charge in [-0.25, -0.2) is 0 Å². The third-order valence-electron chi connectivity index (χ3n) is 12.8. The van der Waals surface area contributed by atoms with E-state index in [0.717, 1.165) is 148 Å². The van der Waals surface area contributed by atoms with Crippen molar-refractivity contribution in [1.29, 1.82) is 0 Å². The van der Waals surface area contributed by atoms with Crippen LogP contribution in [0.3, 0.4) is 0 Å². The number of hydrogen-bond acceptors (Lipinski definition) is 8. The van der Waals surface area contributed by atoms with Crippen LogP contribution in [0.1, 0.15) is 265 Å². The van der Waals surface area contributed by atoms with Crippen LogP contribution in [-0.4, -0.2) is 97.4 Å². The maximum atomic E-state index is 12.8. The molecule has 0 radical (unpaired) electrons. The molecule has 10 heteroatoms. The van der Waals surface area contributed by atoms with Crippen LogP contribution in [0.4, 0.5) is 0 Å². The summed E-state index contributed by atoms with van der Waals surface area (Å²) in [6.45, 7) is 14.5. The van der Waals surface area contributed by atoms with Gasteiger partial charge in [0.2, 0.25) is 0 Å². The maximum Gasteiger partial charge on any atom is 0.308 e. The third-order valence-corrected chi connectivity index (χ3v) is 12.8. The number of carbonyl (C=O) groups is 3. The number of unbranched alkanes of at least 4 members (excludes halogenated alkanes) is 23. The van der Waals surface area contributed by atoms with E-state index in [9.17, 15) is 19.5 Å². The molecule has 388 valence electrons. The molecule has 0 amide bonds. The Bertz CT molecular complexity index is 992. The minimum Gasteiger partial charge on any atom is -0.481 e. The highest BCUT2D eigenvalue weighted by Gasteiger charge is 2.20. The van der Waals surface area contributed by atoms with Crippen molar-refractivity contribution in [3.63, 3.8) is 0 Å². The van der Waals surface area contributed by atoms with Crippen LogP contribution in [0.25, 0.3) is 0 Å². The van der Waals surface area contributed by atoms with Gasteiger partial charge in [-0.15, -0.1) is 0 Å². The summed E-state index contributed by atoms with van der Waals surface area (Å²) in [7, 11) is 1.71. The maximum absolute atomic E-state index is 12.8. The summed E-state index contributed by atoms with van der Waals surface area (Å²) in [4.78, 5) is 37.1. The summed E-state index contributed by atoms with van der Waals surface area (Å²) in [6.07, 6.45) is 41.5. The molecule has 65 heavy (non-hydrogen) atoms. The van der Waals surface area contributed by atoms with Gasteiger partial charge in [0.05, 0.1) is 31.2 Å². The minimum absolute atomic E-state index is 0.0402. The Morgan fingerprint density at radius 2 is 0.969 bits per heavy atom. The molecular weight excluding hydrogens is 819 g/mol. The number of methoxy groups -OCH3 is 1. The van der Waals surface area contributed by atoms with Crippen LogP contribution in [0, 0.1) is 11.8 Å². The van der Waals surface area contributed by atoms with Gasteiger partial charge in [-0.05, 0) is 96.7 Å². The van der Waals surface area contributed by atoms with E-state index in [1.807, 2.05) is 0 Å². The van der Waals surface area contributed by atoms with Gasteiger partial charge >= 0.3 is 17.9 Å². The molecule has 1 fully saturated rings. The number of aliphatic hydroxyl groups excluding tert-OH is 1. The number of esters is 1. The largest absolute Gasteiger partial charge is 0.481 e. The predicted octanol–water partition coefficient (Wildman–Crippen LogP) is 14.8. The van der Waals surface area contributed by atoms with Gasteiger partial charge in [0, 0.05) is 26.7 Å². The number of aliphatic carboxylic acids is 2. The molecule has 0 bridgehead atoms. The molecule has 1 heterocycles. The van der Waals surface area contributed by atoms with Crippen LogP contribution in [-0.2, 0) is 28.6 Å². The molecule has 1 aliphatic rings. The van der Waals surface area contributed by atoms with Crippen molar-refractivity contribution in [2.75, 3.05) is 53.2 Å². The molecule has 3 unspecified atom stereocenters. The van der Waals surface area contributed by atoms with Gasteiger partial charge < -0.3 is 34.4 Å². The highest BCUT2D eigenvalue weighted by atomic mass is 16.5. The highest BCUT2D eigenvalue weighted by Crippen LogP contribution is 2.22. The lowest BCUT2D eigenvalue weighted by molar-refractivity contribution is -0.149. The molecule has 0 aromatic rings. The van der Waals surface area contributed by atoms with E-state index in [1.165, 1.54) is 116 Å².